The zero-order valence-corrected chi connectivity index (χ0v) is 4.33. The molecule has 1 aromatic carbocycles. The van der Waals surface area contributed by atoms with Crippen LogP contribution in [0.4, 0.5) is 5.69 Å². The molecule has 0 saturated heterocycles. The van der Waals surface area contributed by atoms with Crippen molar-refractivity contribution >= 4 is 35.2 Å². The van der Waals surface area contributed by atoms with Gasteiger partial charge in [0.2, 0.25) is 0 Å². The standard InChI is InChI=1S/C6H7NO.Na.H/c7-5-2-1-3-6(8)4-5;;/h1-4,8H,7H2;;. The first-order valence-corrected chi connectivity index (χ1v) is 2.33. The number of aromatic hydroxyl groups is 1. The van der Waals surface area contributed by atoms with Crippen molar-refractivity contribution in [1.82, 2.24) is 0 Å². The quantitative estimate of drug-likeness (QED) is 0.395. The van der Waals surface area contributed by atoms with E-state index < -0.39 is 0 Å². The van der Waals surface area contributed by atoms with Crippen LogP contribution in [0.3, 0.4) is 0 Å². The van der Waals surface area contributed by atoms with Gasteiger partial charge in [0, 0.05) is 11.8 Å². The van der Waals surface area contributed by atoms with Crippen molar-refractivity contribution in [3.8, 4) is 5.75 Å². The van der Waals surface area contributed by atoms with E-state index in [1.807, 2.05) is 0 Å². The number of anilines is 1. The molecule has 0 bridgehead atoms. The summed E-state index contributed by atoms with van der Waals surface area (Å²) in [5, 5.41) is 8.73. The normalized spacial score (nSPS) is 8.00. The van der Waals surface area contributed by atoms with E-state index >= 15 is 0 Å². The molecular weight excluding hydrogens is 125 g/mol. The van der Waals surface area contributed by atoms with Crippen LogP contribution in [0.2, 0.25) is 0 Å². The fraction of sp³-hybridized carbons (Fsp3) is 0. The van der Waals surface area contributed by atoms with E-state index in [2.05, 4.69) is 0 Å². The van der Waals surface area contributed by atoms with Crippen LogP contribution in [-0.4, -0.2) is 34.7 Å². The third-order valence-corrected chi connectivity index (χ3v) is 0.870. The van der Waals surface area contributed by atoms with Crippen molar-refractivity contribution in [2.45, 2.75) is 0 Å². The second-order valence-corrected chi connectivity index (χ2v) is 1.59. The van der Waals surface area contributed by atoms with Crippen molar-refractivity contribution < 1.29 is 5.11 Å². The summed E-state index contributed by atoms with van der Waals surface area (Å²) in [6.45, 7) is 0. The first kappa shape index (κ1) is 8.82. The van der Waals surface area contributed by atoms with Gasteiger partial charge in [-0.15, -0.1) is 0 Å². The summed E-state index contributed by atoms with van der Waals surface area (Å²) in [6, 6.07) is 6.50. The van der Waals surface area contributed by atoms with Crippen LogP contribution in [0.15, 0.2) is 24.3 Å². The average molecular weight is 133 g/mol. The Kier molecular flexibility index (Phi) is 3.70. The van der Waals surface area contributed by atoms with E-state index in [1.54, 1.807) is 18.2 Å². The van der Waals surface area contributed by atoms with Gasteiger partial charge in [-0.1, -0.05) is 6.07 Å². The van der Waals surface area contributed by atoms with Crippen LogP contribution in [0.5, 0.6) is 5.75 Å². The first-order valence-electron chi connectivity index (χ1n) is 2.33. The van der Waals surface area contributed by atoms with E-state index in [-0.39, 0.29) is 35.3 Å². The summed E-state index contributed by atoms with van der Waals surface area (Å²) in [7, 11) is 0. The molecule has 0 radical (unpaired) electrons. The molecule has 0 aliphatic carbocycles. The molecular formula is C6H8NNaO. The summed E-state index contributed by atoms with van der Waals surface area (Å²) < 4.78 is 0. The van der Waals surface area contributed by atoms with Gasteiger partial charge in [0.1, 0.15) is 5.75 Å². The molecule has 9 heavy (non-hydrogen) atoms. The van der Waals surface area contributed by atoms with E-state index in [9.17, 15) is 0 Å². The fourth-order valence-electron chi connectivity index (χ4n) is 0.525. The van der Waals surface area contributed by atoms with E-state index in [0.717, 1.165) is 0 Å². The zero-order valence-electron chi connectivity index (χ0n) is 4.33. The van der Waals surface area contributed by atoms with Gasteiger partial charge in [0.25, 0.3) is 0 Å². The van der Waals surface area contributed by atoms with Crippen LogP contribution in [-0.2, 0) is 0 Å². The van der Waals surface area contributed by atoms with Gasteiger partial charge >= 0.3 is 29.6 Å². The number of benzene rings is 1. The molecule has 0 aliphatic rings. The molecule has 1 rings (SSSR count). The Bertz CT molecular complexity index is 173. The molecule has 1 aromatic rings. The summed E-state index contributed by atoms with van der Waals surface area (Å²) in [5.41, 5.74) is 5.89. The van der Waals surface area contributed by atoms with E-state index in [4.69, 9.17) is 10.8 Å². The second kappa shape index (κ2) is 3.77. The maximum absolute atomic E-state index is 8.73. The van der Waals surface area contributed by atoms with E-state index in [0.29, 0.717) is 5.69 Å². The van der Waals surface area contributed by atoms with Crippen molar-refractivity contribution in [3.05, 3.63) is 24.3 Å². The van der Waals surface area contributed by atoms with Gasteiger partial charge in [-0.25, -0.2) is 0 Å². The fourth-order valence-corrected chi connectivity index (χ4v) is 0.525. The zero-order chi connectivity index (χ0) is 5.98. The van der Waals surface area contributed by atoms with Crippen LogP contribution >= 0.6 is 0 Å². The number of hydrogen-bond donors (Lipinski definition) is 2. The number of nitrogen functional groups attached to an aromatic ring is 1. The molecule has 0 saturated carbocycles. The Hall–Kier alpha value is -0.180. The summed E-state index contributed by atoms with van der Waals surface area (Å²) in [6.07, 6.45) is 0. The second-order valence-electron chi connectivity index (χ2n) is 1.59. The van der Waals surface area contributed by atoms with Gasteiger partial charge < -0.3 is 10.8 Å². The third-order valence-electron chi connectivity index (χ3n) is 0.870. The summed E-state index contributed by atoms with van der Waals surface area (Å²) >= 11 is 0. The number of phenolic OH excluding ortho intramolecular Hbond substituents is 1. The Morgan fingerprint density at radius 3 is 2.33 bits per heavy atom. The first-order chi connectivity index (χ1) is 3.79. The van der Waals surface area contributed by atoms with Crippen molar-refractivity contribution in [2.24, 2.45) is 0 Å². The van der Waals surface area contributed by atoms with Crippen LogP contribution in [0.1, 0.15) is 0 Å². The van der Waals surface area contributed by atoms with Gasteiger partial charge in [-0.3, -0.25) is 0 Å². The maximum atomic E-state index is 8.73. The molecule has 3 heteroatoms. The number of phenols is 1. The molecule has 0 spiro atoms. The van der Waals surface area contributed by atoms with E-state index in [1.165, 1.54) is 6.07 Å². The average Bonchev–Trinajstić information content (AvgIpc) is 1.64. The summed E-state index contributed by atoms with van der Waals surface area (Å²) in [5.74, 6) is 0.213. The molecule has 3 N–H and O–H groups in total. The number of nitrogens with two attached hydrogens (primary N) is 1. The minimum atomic E-state index is 0. The minimum absolute atomic E-state index is 0. The third kappa shape index (κ3) is 2.75. The Balaban J connectivity index is 0.000000640. The molecule has 0 heterocycles. The molecule has 0 atom stereocenters. The molecule has 2 nitrogen and oxygen atoms in total. The molecule has 44 valence electrons. The number of hydrogen-bond acceptors (Lipinski definition) is 2. The van der Waals surface area contributed by atoms with Gasteiger partial charge in [0.15, 0.2) is 0 Å². The molecule has 0 unspecified atom stereocenters. The molecule has 0 aliphatic heterocycles. The van der Waals surface area contributed by atoms with Gasteiger partial charge in [0.05, 0.1) is 0 Å². The van der Waals surface area contributed by atoms with Crippen LogP contribution in [0, 0.1) is 0 Å². The molecule has 0 aromatic heterocycles. The monoisotopic (exact) mass is 133 g/mol. The van der Waals surface area contributed by atoms with Crippen LogP contribution < -0.4 is 5.73 Å². The predicted molar refractivity (Wildman–Crippen MR) is 39.7 cm³/mol. The van der Waals surface area contributed by atoms with Crippen molar-refractivity contribution in [2.75, 3.05) is 5.73 Å². The van der Waals surface area contributed by atoms with Gasteiger partial charge in [-0.05, 0) is 12.1 Å². The van der Waals surface area contributed by atoms with Crippen LogP contribution in [0.25, 0.3) is 0 Å². The Morgan fingerprint density at radius 2 is 2.00 bits per heavy atom. The van der Waals surface area contributed by atoms with Crippen molar-refractivity contribution in [1.29, 1.82) is 0 Å². The number of rotatable bonds is 0. The van der Waals surface area contributed by atoms with Crippen molar-refractivity contribution in [3.63, 3.8) is 0 Å². The Morgan fingerprint density at radius 1 is 1.33 bits per heavy atom. The predicted octanol–water partition coefficient (Wildman–Crippen LogP) is 0.326. The molecule has 0 fully saturated rings. The SMILES string of the molecule is Nc1cccc(O)c1.[NaH]. The van der Waals surface area contributed by atoms with Gasteiger partial charge in [-0.2, -0.15) is 0 Å². The molecule has 0 amide bonds. The Labute approximate surface area is 76.0 Å². The summed E-state index contributed by atoms with van der Waals surface area (Å²) in [4.78, 5) is 0. The topological polar surface area (TPSA) is 46.2 Å².